The molecule has 1 atom stereocenters. The molecule has 0 fully saturated rings. The van der Waals surface area contributed by atoms with Gasteiger partial charge < -0.3 is 20.7 Å². The molecule has 0 unspecified atom stereocenters. The second kappa shape index (κ2) is 7.62. The number of nitrogens with two attached hydrogens (primary N) is 1. The predicted molar refractivity (Wildman–Crippen MR) is 86.2 cm³/mol. The number of benzene rings is 2. The molecule has 5 nitrogen and oxygen atoms in total. The van der Waals surface area contributed by atoms with Crippen molar-refractivity contribution in [3.8, 4) is 11.5 Å². The number of halogens is 4. The highest BCUT2D eigenvalue weighted by Crippen LogP contribution is 2.33. The Morgan fingerprint density at radius 3 is 2.24 bits per heavy atom. The number of aryl methyl sites for hydroxylation is 1. The van der Waals surface area contributed by atoms with Gasteiger partial charge in [-0.15, -0.1) is 25.6 Å². The van der Waals surface area contributed by atoms with Crippen LogP contribution in [0.5, 0.6) is 11.5 Å². The minimum Gasteiger partial charge on any atom is -0.507 e. The van der Waals surface area contributed by atoms with E-state index in [-0.39, 0.29) is 29.3 Å². The van der Waals surface area contributed by atoms with Gasteiger partial charge in [0, 0.05) is 5.56 Å². The Labute approximate surface area is 147 Å². The van der Waals surface area contributed by atoms with Crippen molar-refractivity contribution in [3.63, 3.8) is 0 Å². The Hall–Kier alpha value is -2.45. The van der Waals surface area contributed by atoms with Gasteiger partial charge in [-0.3, -0.25) is 0 Å². The number of alkyl halides is 3. The van der Waals surface area contributed by atoms with E-state index in [2.05, 4.69) is 4.74 Å². The molecule has 136 valence electrons. The second-order valence-corrected chi connectivity index (χ2v) is 5.13. The van der Waals surface area contributed by atoms with Crippen molar-refractivity contribution >= 4 is 18.4 Å². The lowest BCUT2D eigenvalue weighted by atomic mass is 9.94. The van der Waals surface area contributed by atoms with Crippen LogP contribution in [0.1, 0.15) is 33.1 Å². The third-order valence-electron chi connectivity index (χ3n) is 3.38. The number of hydrogen-bond donors (Lipinski definition) is 3. The molecule has 25 heavy (non-hydrogen) atoms. The SMILES string of the molecule is Cc1cc(C(=O)O)cc([C@H](N)c2ccc(OC(F)(F)F)cc2)c1O.Cl. The molecule has 0 saturated heterocycles. The number of carbonyl (C=O) groups is 1. The zero-order valence-electron chi connectivity index (χ0n) is 12.9. The third kappa shape index (κ3) is 5.01. The van der Waals surface area contributed by atoms with Gasteiger partial charge in [0.05, 0.1) is 11.6 Å². The Balaban J connectivity index is 0.00000312. The van der Waals surface area contributed by atoms with Crippen LogP contribution in [0.3, 0.4) is 0 Å². The molecule has 0 heterocycles. The summed E-state index contributed by atoms with van der Waals surface area (Å²) in [5.74, 6) is -1.75. The molecule has 2 rings (SSSR count). The lowest BCUT2D eigenvalue weighted by molar-refractivity contribution is -0.274. The van der Waals surface area contributed by atoms with Crippen molar-refractivity contribution in [2.45, 2.75) is 19.3 Å². The number of phenolic OH excluding ortho intramolecular Hbond substituents is 1. The average molecular weight is 378 g/mol. The minimum atomic E-state index is -4.80. The summed E-state index contributed by atoms with van der Waals surface area (Å²) in [6.07, 6.45) is -4.80. The fourth-order valence-corrected chi connectivity index (χ4v) is 2.22. The summed E-state index contributed by atoms with van der Waals surface area (Å²) < 4.78 is 40.2. The van der Waals surface area contributed by atoms with E-state index in [0.29, 0.717) is 11.1 Å². The van der Waals surface area contributed by atoms with Crippen molar-refractivity contribution < 1.29 is 32.9 Å². The van der Waals surface area contributed by atoms with Crippen LogP contribution in [-0.4, -0.2) is 22.5 Å². The number of carboxylic acids is 1. The highest BCUT2D eigenvalue weighted by Gasteiger charge is 2.31. The van der Waals surface area contributed by atoms with Crippen LogP contribution in [0.25, 0.3) is 0 Å². The van der Waals surface area contributed by atoms with Crippen LogP contribution in [0.15, 0.2) is 36.4 Å². The first-order valence-corrected chi connectivity index (χ1v) is 6.76. The van der Waals surface area contributed by atoms with Gasteiger partial charge in [-0.05, 0) is 42.3 Å². The summed E-state index contributed by atoms with van der Waals surface area (Å²) in [4.78, 5) is 11.1. The van der Waals surface area contributed by atoms with Gasteiger partial charge >= 0.3 is 12.3 Å². The topological polar surface area (TPSA) is 92.8 Å². The van der Waals surface area contributed by atoms with Crippen LogP contribution < -0.4 is 10.5 Å². The quantitative estimate of drug-likeness (QED) is 0.754. The van der Waals surface area contributed by atoms with Crippen molar-refractivity contribution in [1.82, 2.24) is 0 Å². The molecule has 9 heteroatoms. The summed E-state index contributed by atoms with van der Waals surface area (Å²) >= 11 is 0. The molecule has 0 aliphatic rings. The maximum absolute atomic E-state index is 12.1. The fraction of sp³-hybridized carbons (Fsp3) is 0.188. The van der Waals surface area contributed by atoms with E-state index in [1.165, 1.54) is 31.2 Å². The largest absolute Gasteiger partial charge is 0.573 e. The van der Waals surface area contributed by atoms with Gasteiger partial charge in [0.25, 0.3) is 0 Å². The molecule has 0 aromatic heterocycles. The van der Waals surface area contributed by atoms with Crippen LogP contribution in [0, 0.1) is 6.92 Å². The molecule has 0 radical (unpaired) electrons. The van der Waals surface area contributed by atoms with Crippen molar-refractivity contribution in [2.75, 3.05) is 0 Å². The fourth-order valence-electron chi connectivity index (χ4n) is 2.22. The first kappa shape index (κ1) is 20.6. The summed E-state index contributed by atoms with van der Waals surface area (Å²) in [7, 11) is 0. The summed E-state index contributed by atoms with van der Waals surface area (Å²) in [5.41, 5.74) is 6.85. The van der Waals surface area contributed by atoms with Crippen LogP contribution >= 0.6 is 12.4 Å². The Bertz CT molecular complexity index is 763. The summed E-state index contributed by atoms with van der Waals surface area (Å²) in [6, 6.07) is 6.43. The minimum absolute atomic E-state index is 0. The number of aromatic hydroxyl groups is 1. The Morgan fingerprint density at radius 1 is 1.20 bits per heavy atom. The lowest BCUT2D eigenvalue weighted by Crippen LogP contribution is -2.17. The molecular formula is C16H15ClF3NO4. The van der Waals surface area contributed by atoms with Gasteiger partial charge in [-0.2, -0.15) is 0 Å². The number of hydrogen-bond acceptors (Lipinski definition) is 4. The lowest BCUT2D eigenvalue weighted by Gasteiger charge is -2.17. The van der Waals surface area contributed by atoms with Crippen molar-refractivity contribution in [3.05, 3.63) is 58.7 Å². The summed E-state index contributed by atoms with van der Waals surface area (Å²) in [5, 5.41) is 19.2. The maximum atomic E-state index is 12.1. The standard InChI is InChI=1S/C16H14F3NO4.ClH/c1-8-6-10(15(22)23)7-12(14(8)21)13(20)9-2-4-11(5-3-9)24-16(17,18)19;/h2-7,13,21H,20H2,1H3,(H,22,23);1H/t13-;/m1./s1. The highest BCUT2D eigenvalue weighted by molar-refractivity contribution is 5.88. The first-order chi connectivity index (χ1) is 11.1. The zero-order chi connectivity index (χ0) is 18.1. The van der Waals surface area contributed by atoms with Crippen LogP contribution in [0.2, 0.25) is 0 Å². The smallest absolute Gasteiger partial charge is 0.507 e. The molecule has 0 bridgehead atoms. The Kier molecular flexibility index (Phi) is 6.28. The average Bonchev–Trinajstić information content (AvgIpc) is 2.48. The molecule has 2 aromatic rings. The number of ether oxygens (including phenoxy) is 1. The van der Waals surface area contributed by atoms with Gasteiger partial charge in [0.1, 0.15) is 11.5 Å². The number of rotatable bonds is 4. The number of aromatic carboxylic acids is 1. The van der Waals surface area contributed by atoms with E-state index in [0.717, 1.165) is 12.1 Å². The van der Waals surface area contributed by atoms with E-state index in [1.54, 1.807) is 0 Å². The number of carboxylic acid groups (broad SMARTS) is 1. The van der Waals surface area contributed by atoms with Gasteiger partial charge in [0.15, 0.2) is 0 Å². The highest BCUT2D eigenvalue weighted by atomic mass is 35.5. The second-order valence-electron chi connectivity index (χ2n) is 5.13. The molecular weight excluding hydrogens is 363 g/mol. The molecule has 2 aromatic carbocycles. The normalized spacial score (nSPS) is 12.2. The molecule has 0 aliphatic heterocycles. The van der Waals surface area contributed by atoms with Crippen LogP contribution in [-0.2, 0) is 0 Å². The molecule has 0 spiro atoms. The van der Waals surface area contributed by atoms with Crippen molar-refractivity contribution in [2.24, 2.45) is 5.73 Å². The third-order valence-corrected chi connectivity index (χ3v) is 3.38. The zero-order valence-corrected chi connectivity index (χ0v) is 13.7. The molecule has 4 N–H and O–H groups in total. The van der Waals surface area contributed by atoms with Gasteiger partial charge in [0.2, 0.25) is 0 Å². The molecule has 0 amide bonds. The summed E-state index contributed by atoms with van der Waals surface area (Å²) in [6.45, 7) is 1.53. The predicted octanol–water partition coefficient (Wildman–Crippen LogP) is 3.77. The van der Waals surface area contributed by atoms with E-state index < -0.39 is 24.1 Å². The number of phenols is 1. The van der Waals surface area contributed by atoms with E-state index >= 15 is 0 Å². The van der Waals surface area contributed by atoms with Crippen molar-refractivity contribution in [1.29, 1.82) is 0 Å². The van der Waals surface area contributed by atoms with Gasteiger partial charge in [-0.1, -0.05) is 12.1 Å². The van der Waals surface area contributed by atoms with E-state index in [4.69, 9.17) is 10.8 Å². The van der Waals surface area contributed by atoms with E-state index in [9.17, 15) is 23.1 Å². The molecule has 0 aliphatic carbocycles. The Morgan fingerprint density at radius 2 is 1.76 bits per heavy atom. The first-order valence-electron chi connectivity index (χ1n) is 6.76. The van der Waals surface area contributed by atoms with Gasteiger partial charge in [-0.25, -0.2) is 4.79 Å². The molecule has 0 saturated carbocycles. The monoisotopic (exact) mass is 377 g/mol. The van der Waals surface area contributed by atoms with Crippen LogP contribution in [0.4, 0.5) is 13.2 Å². The maximum Gasteiger partial charge on any atom is 0.573 e. The van der Waals surface area contributed by atoms with E-state index in [1.807, 2.05) is 0 Å².